The third kappa shape index (κ3) is 4.81. The SMILES string of the molecule is CC(=O)N1CSCC1C(=O)NCc1ccc(N2CCNCC2)c(F)c1.Cl. The number of nitrogens with one attached hydrogen (secondary N) is 2. The molecule has 1 aromatic rings. The number of hydrogen-bond acceptors (Lipinski definition) is 5. The Kier molecular flexibility index (Phi) is 7.55. The van der Waals surface area contributed by atoms with Crippen LogP contribution < -0.4 is 15.5 Å². The van der Waals surface area contributed by atoms with Crippen molar-refractivity contribution in [1.29, 1.82) is 0 Å². The minimum atomic E-state index is -0.438. The molecule has 2 aliphatic rings. The molecule has 2 aliphatic heterocycles. The monoisotopic (exact) mass is 402 g/mol. The first-order valence-electron chi connectivity index (χ1n) is 8.43. The van der Waals surface area contributed by atoms with Gasteiger partial charge in [-0.05, 0) is 17.7 Å². The van der Waals surface area contributed by atoms with E-state index in [2.05, 4.69) is 10.6 Å². The molecule has 0 aliphatic carbocycles. The predicted octanol–water partition coefficient (Wildman–Crippen LogP) is 1.19. The van der Waals surface area contributed by atoms with E-state index in [0.717, 1.165) is 26.2 Å². The maximum Gasteiger partial charge on any atom is 0.243 e. The van der Waals surface area contributed by atoms with Gasteiger partial charge in [-0.3, -0.25) is 9.59 Å². The summed E-state index contributed by atoms with van der Waals surface area (Å²) >= 11 is 1.56. The van der Waals surface area contributed by atoms with Crippen LogP contribution >= 0.6 is 24.2 Å². The van der Waals surface area contributed by atoms with Crippen LogP contribution in [0.2, 0.25) is 0 Å². The highest BCUT2D eigenvalue weighted by Gasteiger charge is 2.32. The molecule has 0 radical (unpaired) electrons. The van der Waals surface area contributed by atoms with E-state index in [1.807, 2.05) is 11.0 Å². The minimum Gasteiger partial charge on any atom is -0.367 e. The van der Waals surface area contributed by atoms with Crippen molar-refractivity contribution in [3.05, 3.63) is 29.6 Å². The summed E-state index contributed by atoms with van der Waals surface area (Å²) in [5, 5.41) is 6.06. The Morgan fingerprint density at radius 1 is 1.35 bits per heavy atom. The van der Waals surface area contributed by atoms with E-state index in [-0.39, 0.29) is 36.6 Å². The summed E-state index contributed by atoms with van der Waals surface area (Å²) in [6, 6.07) is 4.65. The number of carbonyl (C=O) groups is 2. The molecule has 6 nitrogen and oxygen atoms in total. The fraction of sp³-hybridized carbons (Fsp3) is 0.529. The lowest BCUT2D eigenvalue weighted by molar-refractivity contribution is -0.136. The highest BCUT2D eigenvalue weighted by atomic mass is 35.5. The molecule has 2 amide bonds. The molecule has 3 rings (SSSR count). The Labute approximate surface area is 163 Å². The molecule has 0 spiro atoms. The maximum atomic E-state index is 14.4. The third-order valence-corrected chi connectivity index (χ3v) is 5.54. The van der Waals surface area contributed by atoms with E-state index in [1.54, 1.807) is 22.7 Å². The number of piperazine rings is 1. The molecular weight excluding hydrogens is 379 g/mol. The van der Waals surface area contributed by atoms with Crippen molar-refractivity contribution in [1.82, 2.24) is 15.5 Å². The van der Waals surface area contributed by atoms with Gasteiger partial charge < -0.3 is 20.4 Å². The summed E-state index contributed by atoms with van der Waals surface area (Å²) in [4.78, 5) is 27.4. The number of carbonyl (C=O) groups excluding carboxylic acids is 2. The third-order valence-electron chi connectivity index (χ3n) is 4.53. The number of amides is 2. The molecule has 2 N–H and O–H groups in total. The zero-order valence-corrected chi connectivity index (χ0v) is 16.3. The predicted molar refractivity (Wildman–Crippen MR) is 104 cm³/mol. The Bertz CT molecular complexity index is 658. The summed E-state index contributed by atoms with van der Waals surface area (Å²) in [6.07, 6.45) is 0. The first-order chi connectivity index (χ1) is 12.1. The van der Waals surface area contributed by atoms with Crippen molar-refractivity contribution < 1.29 is 14.0 Å². The molecule has 2 fully saturated rings. The number of rotatable bonds is 4. The van der Waals surface area contributed by atoms with Crippen molar-refractivity contribution >= 4 is 41.7 Å². The van der Waals surface area contributed by atoms with E-state index in [1.165, 1.54) is 13.0 Å². The maximum absolute atomic E-state index is 14.4. The van der Waals surface area contributed by atoms with Crippen LogP contribution in [-0.2, 0) is 16.1 Å². The summed E-state index contributed by atoms with van der Waals surface area (Å²) in [7, 11) is 0. The summed E-state index contributed by atoms with van der Waals surface area (Å²) in [6.45, 7) is 4.99. The van der Waals surface area contributed by atoms with E-state index < -0.39 is 6.04 Å². The highest BCUT2D eigenvalue weighted by Crippen LogP contribution is 2.22. The van der Waals surface area contributed by atoms with E-state index >= 15 is 0 Å². The van der Waals surface area contributed by atoms with Gasteiger partial charge in [0, 0.05) is 45.4 Å². The van der Waals surface area contributed by atoms with Gasteiger partial charge in [-0.15, -0.1) is 24.2 Å². The number of halogens is 2. The van der Waals surface area contributed by atoms with Gasteiger partial charge in [-0.2, -0.15) is 0 Å². The summed E-state index contributed by atoms with van der Waals surface area (Å²) in [5.74, 6) is 0.585. The highest BCUT2D eigenvalue weighted by molar-refractivity contribution is 7.99. The Balaban J connectivity index is 0.00000243. The number of nitrogens with zero attached hydrogens (tertiary/aromatic N) is 2. The molecule has 0 aromatic heterocycles. The van der Waals surface area contributed by atoms with E-state index in [9.17, 15) is 14.0 Å². The number of benzene rings is 1. The smallest absolute Gasteiger partial charge is 0.243 e. The molecule has 26 heavy (non-hydrogen) atoms. The standard InChI is InChI=1S/C17H23FN4O2S.ClH/c1-12(23)22-11-25-10-16(22)17(24)20-9-13-2-3-15(14(18)8-13)21-6-4-19-5-7-21;/h2-3,8,16,19H,4-7,9-11H2,1H3,(H,20,24);1H. The van der Waals surface area contributed by atoms with Gasteiger partial charge in [0.15, 0.2) is 0 Å². The quantitative estimate of drug-likeness (QED) is 0.792. The van der Waals surface area contributed by atoms with Crippen LogP contribution in [0.25, 0.3) is 0 Å². The van der Waals surface area contributed by atoms with Crippen molar-refractivity contribution in [3.63, 3.8) is 0 Å². The van der Waals surface area contributed by atoms with Crippen LogP contribution in [0.1, 0.15) is 12.5 Å². The van der Waals surface area contributed by atoms with Gasteiger partial charge in [0.05, 0.1) is 11.6 Å². The molecule has 144 valence electrons. The van der Waals surface area contributed by atoms with E-state index in [4.69, 9.17) is 0 Å². The van der Waals surface area contributed by atoms with Crippen molar-refractivity contribution in [2.24, 2.45) is 0 Å². The van der Waals surface area contributed by atoms with Gasteiger partial charge in [0.25, 0.3) is 0 Å². The van der Waals surface area contributed by atoms with Gasteiger partial charge >= 0.3 is 0 Å². The minimum absolute atomic E-state index is 0. The zero-order chi connectivity index (χ0) is 17.8. The van der Waals surface area contributed by atoms with Crippen LogP contribution in [-0.4, -0.2) is 60.6 Å². The van der Waals surface area contributed by atoms with Crippen molar-refractivity contribution in [3.8, 4) is 0 Å². The second-order valence-corrected chi connectivity index (χ2v) is 7.24. The fourth-order valence-corrected chi connectivity index (χ4v) is 4.32. The summed E-state index contributed by atoms with van der Waals surface area (Å²) < 4.78 is 14.4. The normalized spacial score (nSPS) is 19.8. The average molecular weight is 403 g/mol. The van der Waals surface area contributed by atoms with Crippen LogP contribution in [0, 0.1) is 5.82 Å². The first kappa shape index (κ1) is 20.8. The number of hydrogen-bond donors (Lipinski definition) is 2. The largest absolute Gasteiger partial charge is 0.367 e. The van der Waals surface area contributed by atoms with Crippen LogP contribution in [0.5, 0.6) is 0 Å². The molecular formula is C17H24ClFN4O2S. The molecule has 1 unspecified atom stereocenters. The van der Waals surface area contributed by atoms with Gasteiger partial charge in [-0.1, -0.05) is 6.07 Å². The number of anilines is 1. The molecule has 2 saturated heterocycles. The number of thioether (sulfide) groups is 1. The Hall–Kier alpha value is -1.51. The van der Waals surface area contributed by atoms with Gasteiger partial charge in [0.1, 0.15) is 11.9 Å². The molecule has 0 bridgehead atoms. The Morgan fingerprint density at radius 2 is 2.08 bits per heavy atom. The molecule has 9 heteroatoms. The van der Waals surface area contributed by atoms with Crippen LogP contribution in [0.4, 0.5) is 10.1 Å². The molecule has 0 saturated carbocycles. The van der Waals surface area contributed by atoms with Gasteiger partial charge in [0.2, 0.25) is 11.8 Å². The van der Waals surface area contributed by atoms with Crippen LogP contribution in [0.3, 0.4) is 0 Å². The van der Waals surface area contributed by atoms with Crippen molar-refractivity contribution in [2.45, 2.75) is 19.5 Å². The average Bonchev–Trinajstić information content (AvgIpc) is 3.11. The lowest BCUT2D eigenvalue weighted by Crippen LogP contribution is -2.46. The molecule has 1 aromatic carbocycles. The first-order valence-corrected chi connectivity index (χ1v) is 9.58. The lowest BCUT2D eigenvalue weighted by Gasteiger charge is -2.29. The molecule has 2 heterocycles. The fourth-order valence-electron chi connectivity index (χ4n) is 3.10. The Morgan fingerprint density at radius 3 is 2.73 bits per heavy atom. The zero-order valence-electron chi connectivity index (χ0n) is 14.7. The van der Waals surface area contributed by atoms with Crippen LogP contribution in [0.15, 0.2) is 18.2 Å². The van der Waals surface area contributed by atoms with Gasteiger partial charge in [-0.25, -0.2) is 4.39 Å². The van der Waals surface area contributed by atoms with E-state index in [0.29, 0.717) is 22.9 Å². The lowest BCUT2D eigenvalue weighted by atomic mass is 10.1. The topological polar surface area (TPSA) is 64.7 Å². The molecule has 1 atom stereocenters. The second kappa shape index (κ2) is 9.43. The second-order valence-electron chi connectivity index (χ2n) is 6.25. The summed E-state index contributed by atoms with van der Waals surface area (Å²) in [5.41, 5.74) is 1.32. The van der Waals surface area contributed by atoms with Crippen molar-refractivity contribution in [2.75, 3.05) is 42.7 Å².